The summed E-state index contributed by atoms with van der Waals surface area (Å²) in [5.41, 5.74) is 2.22. The van der Waals surface area contributed by atoms with Gasteiger partial charge in [0.15, 0.2) is 15.8 Å². The van der Waals surface area contributed by atoms with Crippen LogP contribution in [0, 0.1) is 5.82 Å². The first-order valence-corrected chi connectivity index (χ1v) is 11.8. The van der Waals surface area contributed by atoms with Crippen LogP contribution in [-0.2, 0) is 28.7 Å². The van der Waals surface area contributed by atoms with Crippen molar-refractivity contribution in [3.05, 3.63) is 77.1 Å². The van der Waals surface area contributed by atoms with Crippen molar-refractivity contribution in [2.75, 3.05) is 20.4 Å². The number of benzene rings is 3. The normalized spacial score (nSPS) is 11.7. The van der Waals surface area contributed by atoms with E-state index in [4.69, 9.17) is 4.74 Å². The van der Waals surface area contributed by atoms with Crippen LogP contribution in [0.25, 0.3) is 10.8 Å². The number of hydrogen-bond donors (Lipinski definition) is 2. The van der Waals surface area contributed by atoms with Crippen LogP contribution in [0.5, 0.6) is 5.75 Å². The van der Waals surface area contributed by atoms with Crippen molar-refractivity contribution < 1.29 is 17.5 Å². The van der Waals surface area contributed by atoms with Crippen molar-refractivity contribution in [3.8, 4) is 5.75 Å². The molecule has 0 amide bonds. The first kappa shape index (κ1) is 25.9. The van der Waals surface area contributed by atoms with E-state index in [2.05, 4.69) is 21.7 Å². The summed E-state index contributed by atoms with van der Waals surface area (Å²) in [6, 6.07) is 16.2. The standard InChI is InChI=1S/C23H26FN3O3S.HI/c1-25-23(27-14-20-11-21(24)8-6-19(20)15-31(3,28)29)26-13-16-4-5-18-12-22(30-2)9-7-17(18)10-16;/h4-12H,13-15H2,1-3H3,(H2,25,26,27);1H. The monoisotopic (exact) mass is 571 g/mol. The molecule has 3 rings (SSSR count). The second-order valence-electron chi connectivity index (χ2n) is 7.31. The number of hydrogen-bond acceptors (Lipinski definition) is 4. The van der Waals surface area contributed by atoms with Gasteiger partial charge in [0.1, 0.15) is 11.6 Å². The van der Waals surface area contributed by atoms with Gasteiger partial charge in [0.25, 0.3) is 0 Å². The van der Waals surface area contributed by atoms with Gasteiger partial charge in [0, 0.05) is 26.4 Å². The summed E-state index contributed by atoms with van der Waals surface area (Å²) in [7, 11) is 0.0594. The largest absolute Gasteiger partial charge is 0.497 e. The van der Waals surface area contributed by atoms with Gasteiger partial charge in [-0.1, -0.05) is 24.3 Å². The van der Waals surface area contributed by atoms with E-state index in [1.165, 1.54) is 18.2 Å². The number of sulfone groups is 1. The van der Waals surface area contributed by atoms with E-state index in [0.29, 0.717) is 23.6 Å². The molecule has 0 atom stereocenters. The first-order valence-electron chi connectivity index (χ1n) is 9.73. The Labute approximate surface area is 205 Å². The molecule has 0 saturated carbocycles. The molecule has 0 heterocycles. The van der Waals surface area contributed by atoms with E-state index in [-0.39, 0.29) is 36.3 Å². The van der Waals surface area contributed by atoms with Gasteiger partial charge in [-0.05, 0) is 57.8 Å². The van der Waals surface area contributed by atoms with Crippen LogP contribution in [0.1, 0.15) is 16.7 Å². The van der Waals surface area contributed by atoms with Crippen LogP contribution in [0.3, 0.4) is 0 Å². The SMILES string of the molecule is CN=C(NCc1ccc2cc(OC)ccc2c1)NCc1cc(F)ccc1CS(C)(=O)=O.I. The summed E-state index contributed by atoms with van der Waals surface area (Å²) in [6.45, 7) is 0.792. The van der Waals surface area contributed by atoms with E-state index in [0.717, 1.165) is 28.3 Å². The second-order valence-corrected chi connectivity index (χ2v) is 9.45. The van der Waals surface area contributed by atoms with Crippen molar-refractivity contribution >= 4 is 50.5 Å². The lowest BCUT2D eigenvalue weighted by molar-refractivity contribution is 0.415. The zero-order valence-electron chi connectivity index (χ0n) is 18.2. The number of rotatable bonds is 7. The summed E-state index contributed by atoms with van der Waals surface area (Å²) in [6.07, 6.45) is 1.16. The Morgan fingerprint density at radius 1 is 0.969 bits per heavy atom. The molecule has 0 aliphatic carbocycles. The Morgan fingerprint density at radius 2 is 1.66 bits per heavy atom. The average molecular weight is 571 g/mol. The maximum absolute atomic E-state index is 13.7. The fourth-order valence-electron chi connectivity index (χ4n) is 3.28. The lowest BCUT2D eigenvalue weighted by Crippen LogP contribution is -2.36. The molecule has 6 nitrogen and oxygen atoms in total. The zero-order valence-corrected chi connectivity index (χ0v) is 21.3. The predicted octanol–water partition coefficient (Wildman–Crippen LogP) is 4.02. The minimum absolute atomic E-state index is 0. The van der Waals surface area contributed by atoms with E-state index < -0.39 is 15.7 Å². The molecule has 32 heavy (non-hydrogen) atoms. The molecule has 0 spiro atoms. The van der Waals surface area contributed by atoms with Crippen molar-refractivity contribution in [1.82, 2.24) is 10.6 Å². The van der Waals surface area contributed by atoms with Crippen LogP contribution in [0.15, 0.2) is 59.6 Å². The fourth-order valence-corrected chi connectivity index (χ4v) is 4.12. The second kappa shape index (κ2) is 11.5. The minimum Gasteiger partial charge on any atom is -0.497 e. The van der Waals surface area contributed by atoms with E-state index in [1.54, 1.807) is 14.2 Å². The molecular formula is C23H27FIN3O3S. The highest BCUT2D eigenvalue weighted by atomic mass is 127. The number of fused-ring (bicyclic) bond motifs is 1. The van der Waals surface area contributed by atoms with Crippen LogP contribution in [0.4, 0.5) is 4.39 Å². The van der Waals surface area contributed by atoms with E-state index in [9.17, 15) is 12.8 Å². The molecule has 0 saturated heterocycles. The van der Waals surface area contributed by atoms with Gasteiger partial charge in [0.05, 0.1) is 12.9 Å². The molecule has 3 aromatic carbocycles. The average Bonchev–Trinajstić information content (AvgIpc) is 2.74. The maximum atomic E-state index is 13.7. The number of guanidine groups is 1. The molecule has 0 aliphatic heterocycles. The quantitative estimate of drug-likeness (QED) is 0.255. The molecule has 0 unspecified atom stereocenters. The van der Waals surface area contributed by atoms with Gasteiger partial charge in [-0.15, -0.1) is 24.0 Å². The molecule has 0 aliphatic rings. The molecule has 0 radical (unpaired) electrons. The van der Waals surface area contributed by atoms with Crippen molar-refractivity contribution in [2.45, 2.75) is 18.8 Å². The molecule has 0 bridgehead atoms. The smallest absolute Gasteiger partial charge is 0.191 e. The zero-order chi connectivity index (χ0) is 22.4. The Balaban J connectivity index is 0.00000363. The summed E-state index contributed by atoms with van der Waals surface area (Å²) in [5, 5.41) is 8.55. The number of nitrogens with zero attached hydrogens (tertiary/aromatic N) is 1. The van der Waals surface area contributed by atoms with Gasteiger partial charge in [-0.25, -0.2) is 12.8 Å². The number of halogens is 2. The molecule has 9 heteroatoms. The van der Waals surface area contributed by atoms with Crippen molar-refractivity contribution in [3.63, 3.8) is 0 Å². The first-order chi connectivity index (χ1) is 14.8. The van der Waals surface area contributed by atoms with E-state index >= 15 is 0 Å². The number of ether oxygens (including phenoxy) is 1. The van der Waals surface area contributed by atoms with Crippen LogP contribution < -0.4 is 15.4 Å². The molecular weight excluding hydrogens is 544 g/mol. The van der Waals surface area contributed by atoms with Gasteiger partial charge in [-0.3, -0.25) is 4.99 Å². The van der Waals surface area contributed by atoms with Crippen molar-refractivity contribution in [1.29, 1.82) is 0 Å². The Bertz CT molecular complexity index is 1220. The van der Waals surface area contributed by atoms with Crippen LogP contribution in [0.2, 0.25) is 0 Å². The van der Waals surface area contributed by atoms with Crippen molar-refractivity contribution in [2.24, 2.45) is 4.99 Å². The van der Waals surface area contributed by atoms with Crippen LogP contribution >= 0.6 is 24.0 Å². The summed E-state index contributed by atoms with van der Waals surface area (Å²) < 4.78 is 42.3. The van der Waals surface area contributed by atoms with Gasteiger partial charge >= 0.3 is 0 Å². The number of methoxy groups -OCH3 is 1. The lowest BCUT2D eigenvalue weighted by Gasteiger charge is -2.15. The molecule has 0 aromatic heterocycles. The molecule has 0 fully saturated rings. The molecule has 2 N–H and O–H groups in total. The van der Waals surface area contributed by atoms with Gasteiger partial charge in [-0.2, -0.15) is 0 Å². The van der Waals surface area contributed by atoms with Crippen LogP contribution in [-0.4, -0.2) is 34.8 Å². The topological polar surface area (TPSA) is 79.8 Å². The van der Waals surface area contributed by atoms with Gasteiger partial charge < -0.3 is 15.4 Å². The highest BCUT2D eigenvalue weighted by Crippen LogP contribution is 2.22. The minimum atomic E-state index is -3.23. The Hall–Kier alpha value is -2.40. The number of aliphatic imine (C=N–C) groups is 1. The summed E-state index contributed by atoms with van der Waals surface area (Å²) >= 11 is 0. The Morgan fingerprint density at radius 3 is 2.34 bits per heavy atom. The predicted molar refractivity (Wildman–Crippen MR) is 138 cm³/mol. The third-order valence-electron chi connectivity index (χ3n) is 4.83. The highest BCUT2D eigenvalue weighted by molar-refractivity contribution is 14.0. The van der Waals surface area contributed by atoms with E-state index in [1.807, 2.05) is 30.3 Å². The Kier molecular flexibility index (Phi) is 9.26. The number of nitrogens with one attached hydrogen (secondary N) is 2. The maximum Gasteiger partial charge on any atom is 0.191 e. The third-order valence-corrected chi connectivity index (χ3v) is 5.66. The summed E-state index contributed by atoms with van der Waals surface area (Å²) in [4.78, 5) is 4.20. The highest BCUT2D eigenvalue weighted by Gasteiger charge is 2.11. The fraction of sp³-hybridized carbons (Fsp3) is 0.261. The third kappa shape index (κ3) is 7.33. The lowest BCUT2D eigenvalue weighted by atomic mass is 10.1. The molecule has 172 valence electrons. The molecule has 3 aromatic rings. The summed E-state index contributed by atoms with van der Waals surface area (Å²) in [5.74, 6) is 0.794. The van der Waals surface area contributed by atoms with Gasteiger partial charge in [0.2, 0.25) is 0 Å².